The van der Waals surface area contributed by atoms with Crippen LogP contribution < -0.4 is 15.4 Å². The quantitative estimate of drug-likeness (QED) is 0.637. The van der Waals surface area contributed by atoms with Crippen LogP contribution in [0.3, 0.4) is 0 Å². The van der Waals surface area contributed by atoms with Gasteiger partial charge in [-0.3, -0.25) is 9.59 Å². The largest absolute Gasteiger partial charge is 0.486 e. The molecule has 140 valence electrons. The summed E-state index contributed by atoms with van der Waals surface area (Å²) in [5.41, 5.74) is 1.64. The van der Waals surface area contributed by atoms with Gasteiger partial charge in [-0.25, -0.2) is 4.98 Å². The van der Waals surface area contributed by atoms with Crippen molar-refractivity contribution in [1.82, 2.24) is 20.2 Å². The van der Waals surface area contributed by atoms with E-state index in [0.29, 0.717) is 12.4 Å². The maximum atomic E-state index is 12.3. The lowest BCUT2D eigenvalue weighted by atomic mass is 10.3. The SMILES string of the molecule is CCNC(=O)CNC(=O)Cn1c(COc2ccccc2)nc2ccccc21. The first-order valence-corrected chi connectivity index (χ1v) is 8.82. The molecule has 0 aliphatic carbocycles. The number of nitrogens with zero attached hydrogens (tertiary/aromatic N) is 2. The van der Waals surface area contributed by atoms with Crippen LogP contribution in [-0.4, -0.2) is 34.5 Å². The predicted octanol–water partition coefficient (Wildman–Crippen LogP) is 1.87. The number of likely N-dealkylation sites (N-methyl/N-ethyl adjacent to an activating group) is 1. The Kier molecular flexibility index (Phi) is 6.04. The fourth-order valence-electron chi connectivity index (χ4n) is 2.71. The molecule has 0 bridgehead atoms. The summed E-state index contributed by atoms with van der Waals surface area (Å²) in [6.07, 6.45) is 0. The number of imidazole rings is 1. The molecule has 0 radical (unpaired) electrons. The van der Waals surface area contributed by atoms with Gasteiger partial charge in [-0.15, -0.1) is 0 Å². The molecule has 2 N–H and O–H groups in total. The van der Waals surface area contributed by atoms with Gasteiger partial charge in [0.05, 0.1) is 17.6 Å². The molecule has 7 heteroatoms. The van der Waals surface area contributed by atoms with Crippen molar-refractivity contribution < 1.29 is 14.3 Å². The molecule has 0 saturated heterocycles. The second-order valence-electron chi connectivity index (χ2n) is 5.93. The minimum atomic E-state index is -0.259. The molecule has 1 heterocycles. The average Bonchev–Trinajstić information content (AvgIpc) is 3.03. The molecule has 7 nitrogen and oxygen atoms in total. The maximum Gasteiger partial charge on any atom is 0.240 e. The van der Waals surface area contributed by atoms with Gasteiger partial charge in [-0.2, -0.15) is 0 Å². The van der Waals surface area contributed by atoms with Gasteiger partial charge in [-0.05, 0) is 31.2 Å². The molecule has 0 atom stereocenters. The molecule has 2 amide bonds. The Morgan fingerprint density at radius 2 is 1.74 bits per heavy atom. The third-order valence-corrected chi connectivity index (χ3v) is 3.97. The monoisotopic (exact) mass is 366 g/mol. The van der Waals surface area contributed by atoms with Gasteiger partial charge in [-0.1, -0.05) is 30.3 Å². The first-order chi connectivity index (χ1) is 13.2. The molecule has 3 aromatic rings. The number of para-hydroxylation sites is 3. The molecule has 1 aromatic heterocycles. The highest BCUT2D eigenvalue weighted by Crippen LogP contribution is 2.18. The molecule has 0 fully saturated rings. The molecule has 3 rings (SSSR count). The Morgan fingerprint density at radius 3 is 2.52 bits per heavy atom. The normalized spacial score (nSPS) is 10.6. The summed E-state index contributed by atoms with van der Waals surface area (Å²) in [6.45, 7) is 2.61. The fourth-order valence-corrected chi connectivity index (χ4v) is 2.71. The molecule has 0 aliphatic rings. The van der Waals surface area contributed by atoms with Crippen LogP contribution in [0, 0.1) is 0 Å². The Labute approximate surface area is 157 Å². The van der Waals surface area contributed by atoms with Crippen LogP contribution in [0.15, 0.2) is 54.6 Å². The Morgan fingerprint density at radius 1 is 1.00 bits per heavy atom. The number of carbonyl (C=O) groups is 2. The van der Waals surface area contributed by atoms with Gasteiger partial charge >= 0.3 is 0 Å². The second kappa shape index (κ2) is 8.84. The average molecular weight is 366 g/mol. The molecular weight excluding hydrogens is 344 g/mol. The van der Waals surface area contributed by atoms with Crippen LogP contribution >= 0.6 is 0 Å². The molecule has 0 saturated carbocycles. The van der Waals surface area contributed by atoms with E-state index in [2.05, 4.69) is 15.6 Å². The number of rotatable bonds is 8. The minimum absolute atomic E-state index is 0.0465. The van der Waals surface area contributed by atoms with Crippen LogP contribution in [0.1, 0.15) is 12.7 Å². The van der Waals surface area contributed by atoms with Crippen molar-refractivity contribution >= 4 is 22.8 Å². The summed E-state index contributed by atoms with van der Waals surface area (Å²) < 4.78 is 7.61. The highest BCUT2D eigenvalue weighted by molar-refractivity contribution is 5.85. The van der Waals surface area contributed by atoms with Crippen LogP contribution in [0.25, 0.3) is 11.0 Å². The number of ether oxygens (including phenoxy) is 1. The third kappa shape index (κ3) is 4.84. The van der Waals surface area contributed by atoms with E-state index in [1.54, 1.807) is 0 Å². The highest BCUT2D eigenvalue weighted by Gasteiger charge is 2.14. The third-order valence-electron chi connectivity index (χ3n) is 3.97. The summed E-state index contributed by atoms with van der Waals surface area (Å²) in [5, 5.41) is 5.28. The van der Waals surface area contributed by atoms with Crippen LogP contribution in [0.5, 0.6) is 5.75 Å². The zero-order valence-electron chi connectivity index (χ0n) is 15.1. The summed E-state index contributed by atoms with van der Waals surface area (Å²) in [6, 6.07) is 17.0. The standard InChI is InChI=1S/C20H22N4O3/c1-2-21-19(25)12-22-20(26)13-24-17-11-7-6-10-16(17)23-18(24)14-27-15-8-4-3-5-9-15/h3-11H,2,12-14H2,1H3,(H,21,25)(H,22,26). The van der Waals surface area contributed by atoms with E-state index in [9.17, 15) is 9.59 Å². The van der Waals surface area contributed by atoms with Crippen molar-refractivity contribution in [2.45, 2.75) is 20.1 Å². The lowest BCUT2D eigenvalue weighted by molar-refractivity contribution is -0.126. The molecular formula is C20H22N4O3. The second-order valence-corrected chi connectivity index (χ2v) is 5.93. The molecule has 0 aliphatic heterocycles. The van der Waals surface area contributed by atoms with Crippen molar-refractivity contribution in [2.75, 3.05) is 13.1 Å². The Hall–Kier alpha value is -3.35. The Balaban J connectivity index is 1.74. The van der Waals surface area contributed by atoms with E-state index in [-0.39, 0.29) is 31.5 Å². The summed E-state index contributed by atoms with van der Waals surface area (Å²) in [4.78, 5) is 28.4. The van der Waals surface area contributed by atoms with E-state index in [4.69, 9.17) is 4.74 Å². The number of aromatic nitrogens is 2. The van der Waals surface area contributed by atoms with Crippen molar-refractivity contribution in [2.24, 2.45) is 0 Å². The fraction of sp³-hybridized carbons (Fsp3) is 0.250. The summed E-state index contributed by atoms with van der Waals surface area (Å²) in [7, 11) is 0. The van der Waals surface area contributed by atoms with Crippen molar-refractivity contribution in [3.05, 3.63) is 60.4 Å². The van der Waals surface area contributed by atoms with E-state index in [1.807, 2.05) is 66.1 Å². The van der Waals surface area contributed by atoms with Gasteiger partial charge in [0.15, 0.2) is 0 Å². The Bertz CT molecular complexity index is 921. The zero-order valence-corrected chi connectivity index (χ0v) is 15.1. The number of fused-ring (bicyclic) bond motifs is 1. The van der Waals surface area contributed by atoms with Gasteiger partial charge < -0.3 is 19.9 Å². The first kappa shape index (κ1) is 18.4. The van der Waals surface area contributed by atoms with Gasteiger partial charge in [0.25, 0.3) is 0 Å². The lowest BCUT2D eigenvalue weighted by Crippen LogP contribution is -2.38. The highest BCUT2D eigenvalue weighted by atomic mass is 16.5. The van der Waals surface area contributed by atoms with E-state index < -0.39 is 0 Å². The number of benzene rings is 2. The molecule has 0 unspecified atom stereocenters. The van der Waals surface area contributed by atoms with Gasteiger partial charge in [0.2, 0.25) is 11.8 Å². The van der Waals surface area contributed by atoms with E-state index >= 15 is 0 Å². The predicted molar refractivity (Wildman–Crippen MR) is 102 cm³/mol. The van der Waals surface area contributed by atoms with Crippen molar-refractivity contribution in [3.8, 4) is 5.75 Å². The van der Waals surface area contributed by atoms with Gasteiger partial charge in [0.1, 0.15) is 24.7 Å². The number of nitrogens with one attached hydrogen (secondary N) is 2. The van der Waals surface area contributed by atoms with Crippen LogP contribution in [-0.2, 0) is 22.7 Å². The lowest BCUT2D eigenvalue weighted by Gasteiger charge is -2.11. The maximum absolute atomic E-state index is 12.3. The van der Waals surface area contributed by atoms with Crippen LogP contribution in [0.4, 0.5) is 0 Å². The van der Waals surface area contributed by atoms with E-state index in [0.717, 1.165) is 16.8 Å². The number of hydrogen-bond acceptors (Lipinski definition) is 4. The number of amides is 2. The molecule has 27 heavy (non-hydrogen) atoms. The molecule has 0 spiro atoms. The number of carbonyl (C=O) groups excluding carboxylic acids is 2. The van der Waals surface area contributed by atoms with Crippen LogP contribution in [0.2, 0.25) is 0 Å². The minimum Gasteiger partial charge on any atom is -0.486 e. The number of hydrogen-bond donors (Lipinski definition) is 2. The molecule has 2 aromatic carbocycles. The summed E-state index contributed by atoms with van der Waals surface area (Å²) in [5.74, 6) is 0.907. The smallest absolute Gasteiger partial charge is 0.240 e. The van der Waals surface area contributed by atoms with Crippen molar-refractivity contribution in [3.63, 3.8) is 0 Å². The summed E-state index contributed by atoms with van der Waals surface area (Å²) >= 11 is 0. The topological polar surface area (TPSA) is 85.2 Å². The van der Waals surface area contributed by atoms with Gasteiger partial charge in [0, 0.05) is 6.54 Å². The first-order valence-electron chi connectivity index (χ1n) is 8.82. The van der Waals surface area contributed by atoms with Crippen molar-refractivity contribution in [1.29, 1.82) is 0 Å². The zero-order chi connectivity index (χ0) is 19.1. The van der Waals surface area contributed by atoms with E-state index in [1.165, 1.54) is 0 Å².